The summed E-state index contributed by atoms with van der Waals surface area (Å²) < 4.78 is 0. The molecule has 0 unspecified atom stereocenters. The Bertz CT molecular complexity index is 580. The van der Waals surface area contributed by atoms with Gasteiger partial charge < -0.3 is 10.4 Å². The summed E-state index contributed by atoms with van der Waals surface area (Å²) in [6.45, 7) is 0. The van der Waals surface area contributed by atoms with Crippen LogP contribution in [0.4, 0.5) is 0 Å². The Morgan fingerprint density at radius 1 is 1.29 bits per heavy atom. The van der Waals surface area contributed by atoms with Gasteiger partial charge in [0.25, 0.3) is 5.91 Å². The van der Waals surface area contributed by atoms with Gasteiger partial charge >= 0.3 is 5.97 Å². The van der Waals surface area contributed by atoms with E-state index in [1.54, 1.807) is 6.07 Å². The number of carbonyl (C=O) groups is 2. The Morgan fingerprint density at radius 3 is 2.62 bits per heavy atom. The molecule has 0 bridgehead atoms. The molecule has 0 spiro atoms. The molecular formula is C14H15Cl2NO3S. The first-order valence-corrected chi connectivity index (χ1v) is 8.48. The highest BCUT2D eigenvalue weighted by Gasteiger charge is 2.34. The number of thioether (sulfide) groups is 1. The lowest BCUT2D eigenvalue weighted by molar-refractivity contribution is -0.142. The lowest BCUT2D eigenvalue weighted by Gasteiger charge is -2.18. The first kappa shape index (κ1) is 16.5. The van der Waals surface area contributed by atoms with Crippen LogP contribution in [0.15, 0.2) is 17.0 Å². The molecule has 1 aromatic carbocycles. The lowest BCUT2D eigenvalue weighted by atomic mass is 10.0. The van der Waals surface area contributed by atoms with Crippen molar-refractivity contribution in [1.82, 2.24) is 5.32 Å². The van der Waals surface area contributed by atoms with Gasteiger partial charge in [0.2, 0.25) is 0 Å². The SMILES string of the molecule is CSc1cc(C(=O)N[C@@H]2CCC[C@@H]2C(=O)O)c(Cl)cc1Cl. The highest BCUT2D eigenvalue weighted by atomic mass is 35.5. The highest BCUT2D eigenvalue weighted by Crippen LogP contribution is 2.32. The summed E-state index contributed by atoms with van der Waals surface area (Å²) >= 11 is 13.5. The molecular weight excluding hydrogens is 333 g/mol. The third-order valence-electron chi connectivity index (χ3n) is 3.64. The highest BCUT2D eigenvalue weighted by molar-refractivity contribution is 7.98. The van der Waals surface area contributed by atoms with E-state index in [-0.39, 0.29) is 17.0 Å². The molecule has 1 saturated carbocycles. The Labute approximate surface area is 137 Å². The van der Waals surface area contributed by atoms with Crippen molar-refractivity contribution in [3.63, 3.8) is 0 Å². The molecule has 114 valence electrons. The standard InChI is InChI=1S/C14H15Cl2NO3S/c1-21-12-5-8(9(15)6-10(12)16)13(18)17-11-4-2-3-7(11)14(19)20/h5-7,11H,2-4H2,1H3,(H,17,18)(H,19,20)/t7-,11+/m0/s1. The largest absolute Gasteiger partial charge is 0.481 e. The maximum Gasteiger partial charge on any atom is 0.308 e. The first-order chi connectivity index (χ1) is 9.93. The minimum atomic E-state index is -0.871. The summed E-state index contributed by atoms with van der Waals surface area (Å²) in [7, 11) is 0. The molecule has 21 heavy (non-hydrogen) atoms. The predicted octanol–water partition coefficient (Wildman–Crippen LogP) is 3.70. The van der Waals surface area contributed by atoms with E-state index >= 15 is 0 Å². The number of rotatable bonds is 4. The van der Waals surface area contributed by atoms with Crippen molar-refractivity contribution in [3.8, 4) is 0 Å². The van der Waals surface area contributed by atoms with Crippen LogP contribution in [-0.4, -0.2) is 29.3 Å². The number of carbonyl (C=O) groups excluding carboxylic acids is 1. The van der Waals surface area contributed by atoms with Crippen LogP contribution in [0, 0.1) is 5.92 Å². The van der Waals surface area contributed by atoms with Crippen molar-refractivity contribution in [2.24, 2.45) is 5.92 Å². The number of carboxylic acids is 1. The average molecular weight is 348 g/mol. The van der Waals surface area contributed by atoms with Crippen LogP contribution in [-0.2, 0) is 4.79 Å². The fourth-order valence-electron chi connectivity index (χ4n) is 2.53. The molecule has 1 aliphatic carbocycles. The normalized spacial score (nSPS) is 21.3. The van der Waals surface area contributed by atoms with Crippen molar-refractivity contribution in [3.05, 3.63) is 27.7 Å². The van der Waals surface area contributed by atoms with E-state index < -0.39 is 11.9 Å². The molecule has 1 aliphatic rings. The molecule has 0 aromatic heterocycles. The first-order valence-electron chi connectivity index (χ1n) is 6.50. The van der Waals surface area contributed by atoms with Gasteiger partial charge in [-0.15, -0.1) is 11.8 Å². The van der Waals surface area contributed by atoms with Gasteiger partial charge in [-0.2, -0.15) is 0 Å². The summed E-state index contributed by atoms with van der Waals surface area (Å²) in [5.74, 6) is -1.75. The van der Waals surface area contributed by atoms with E-state index in [2.05, 4.69) is 5.32 Å². The van der Waals surface area contributed by atoms with Gasteiger partial charge in [-0.1, -0.05) is 29.6 Å². The molecule has 4 nitrogen and oxygen atoms in total. The number of hydrogen-bond donors (Lipinski definition) is 2. The van der Waals surface area contributed by atoms with E-state index in [0.717, 1.165) is 11.3 Å². The van der Waals surface area contributed by atoms with E-state index in [4.69, 9.17) is 28.3 Å². The van der Waals surface area contributed by atoms with Gasteiger partial charge in [0, 0.05) is 10.9 Å². The Morgan fingerprint density at radius 2 is 2.00 bits per heavy atom. The maximum absolute atomic E-state index is 12.3. The minimum absolute atomic E-state index is 0.264. The molecule has 1 amide bonds. The van der Waals surface area contributed by atoms with Crippen LogP contribution in [0.5, 0.6) is 0 Å². The van der Waals surface area contributed by atoms with E-state index in [1.807, 2.05) is 6.26 Å². The molecule has 0 saturated heterocycles. The second kappa shape index (κ2) is 6.90. The molecule has 2 rings (SSSR count). The summed E-state index contributed by atoms with van der Waals surface area (Å²) in [4.78, 5) is 24.2. The molecule has 7 heteroatoms. The number of benzene rings is 1. The smallest absolute Gasteiger partial charge is 0.308 e. The van der Waals surface area contributed by atoms with Crippen LogP contribution in [0.3, 0.4) is 0 Å². The second-order valence-electron chi connectivity index (χ2n) is 4.92. The van der Waals surface area contributed by atoms with Crippen molar-refractivity contribution in [2.45, 2.75) is 30.2 Å². The van der Waals surface area contributed by atoms with Gasteiger partial charge in [-0.05, 0) is 31.2 Å². The minimum Gasteiger partial charge on any atom is -0.481 e. The van der Waals surface area contributed by atoms with Gasteiger partial charge in [0.15, 0.2) is 0 Å². The molecule has 2 N–H and O–H groups in total. The Hall–Kier alpha value is -0.910. The van der Waals surface area contributed by atoms with Crippen molar-refractivity contribution >= 4 is 46.8 Å². The zero-order valence-corrected chi connectivity index (χ0v) is 13.7. The average Bonchev–Trinajstić information content (AvgIpc) is 2.87. The third kappa shape index (κ3) is 3.65. The zero-order valence-electron chi connectivity index (χ0n) is 11.4. The molecule has 0 radical (unpaired) electrons. The molecule has 0 aliphatic heterocycles. The topological polar surface area (TPSA) is 66.4 Å². The van der Waals surface area contributed by atoms with Gasteiger partial charge in [0.05, 0.1) is 21.5 Å². The van der Waals surface area contributed by atoms with Gasteiger partial charge in [-0.3, -0.25) is 9.59 Å². The number of nitrogens with one attached hydrogen (secondary N) is 1. The Balaban J connectivity index is 2.19. The number of hydrogen-bond acceptors (Lipinski definition) is 3. The molecule has 1 fully saturated rings. The fourth-order valence-corrected chi connectivity index (χ4v) is 3.72. The predicted molar refractivity (Wildman–Crippen MR) is 84.5 cm³/mol. The molecule has 1 aromatic rings. The number of amides is 1. The van der Waals surface area contributed by atoms with Crippen molar-refractivity contribution in [1.29, 1.82) is 0 Å². The molecule has 0 heterocycles. The number of carboxylic acid groups (broad SMARTS) is 1. The van der Waals surface area contributed by atoms with Crippen LogP contribution in [0.1, 0.15) is 29.6 Å². The third-order valence-corrected chi connectivity index (χ3v) is 5.15. The van der Waals surface area contributed by atoms with Crippen molar-refractivity contribution < 1.29 is 14.7 Å². The monoisotopic (exact) mass is 347 g/mol. The van der Waals surface area contributed by atoms with E-state index in [1.165, 1.54) is 17.8 Å². The summed E-state index contributed by atoms with van der Waals surface area (Å²) in [5, 5.41) is 12.7. The van der Waals surface area contributed by atoms with Gasteiger partial charge in [-0.25, -0.2) is 0 Å². The Kier molecular flexibility index (Phi) is 5.41. The van der Waals surface area contributed by atoms with E-state index in [0.29, 0.717) is 23.4 Å². The van der Waals surface area contributed by atoms with Crippen LogP contribution < -0.4 is 5.32 Å². The zero-order chi connectivity index (χ0) is 15.6. The van der Waals surface area contributed by atoms with Gasteiger partial charge in [0.1, 0.15) is 0 Å². The second-order valence-corrected chi connectivity index (χ2v) is 6.58. The van der Waals surface area contributed by atoms with Crippen LogP contribution in [0.2, 0.25) is 10.0 Å². The summed E-state index contributed by atoms with van der Waals surface area (Å²) in [5.41, 5.74) is 0.321. The van der Waals surface area contributed by atoms with Crippen molar-refractivity contribution in [2.75, 3.05) is 6.26 Å². The molecule has 2 atom stereocenters. The van der Waals surface area contributed by atoms with E-state index in [9.17, 15) is 9.59 Å². The maximum atomic E-state index is 12.3. The number of aliphatic carboxylic acids is 1. The summed E-state index contributed by atoms with van der Waals surface area (Å²) in [6, 6.07) is 2.82. The fraction of sp³-hybridized carbons (Fsp3) is 0.429. The quantitative estimate of drug-likeness (QED) is 0.815. The number of halogens is 2. The van der Waals surface area contributed by atoms with Crippen LogP contribution >= 0.6 is 35.0 Å². The van der Waals surface area contributed by atoms with Crippen LogP contribution in [0.25, 0.3) is 0 Å². The lowest BCUT2D eigenvalue weighted by Crippen LogP contribution is -2.40. The summed E-state index contributed by atoms with van der Waals surface area (Å²) in [6.07, 6.45) is 3.91.